The number of para-hydroxylation sites is 1. The molecule has 0 saturated carbocycles. The molecule has 0 radical (unpaired) electrons. The van der Waals surface area contributed by atoms with Crippen LogP contribution in [0.2, 0.25) is 0 Å². The number of hydrogen-bond acceptors (Lipinski definition) is 2. The maximum Gasteiger partial charge on any atom is 0.236 e. The van der Waals surface area contributed by atoms with Crippen molar-refractivity contribution >= 4 is 17.5 Å². The molecule has 0 saturated heterocycles. The Hall–Kier alpha value is -4.44. The van der Waals surface area contributed by atoms with Gasteiger partial charge in [-0.25, -0.2) is 4.98 Å². The van der Waals surface area contributed by atoms with E-state index in [9.17, 15) is 0 Å². The zero-order chi connectivity index (χ0) is 23.3. The number of imidazole rings is 1. The molecule has 0 amide bonds. The van der Waals surface area contributed by atoms with Gasteiger partial charge in [-0.1, -0.05) is 96.1 Å². The summed E-state index contributed by atoms with van der Waals surface area (Å²) < 4.78 is 2.05. The molecule has 0 spiro atoms. The Balaban J connectivity index is 1.65. The highest BCUT2D eigenvalue weighted by atomic mass is 15.2. The Bertz CT molecular complexity index is 1400. The highest BCUT2D eigenvalue weighted by molar-refractivity contribution is 6.09. The van der Waals surface area contributed by atoms with Gasteiger partial charge in [-0.2, -0.15) is 4.99 Å². The predicted octanol–water partition coefficient (Wildman–Crippen LogP) is 7.35. The van der Waals surface area contributed by atoms with Gasteiger partial charge in [0.1, 0.15) is 5.84 Å². The summed E-state index contributed by atoms with van der Waals surface area (Å²) in [6, 6.07) is 37.0. The summed E-state index contributed by atoms with van der Waals surface area (Å²) in [4.78, 5) is 10.00. The van der Waals surface area contributed by atoms with Crippen molar-refractivity contribution in [3.63, 3.8) is 0 Å². The normalized spacial score (nSPS) is 11.4. The first-order chi connectivity index (χ1) is 16.7. The molecule has 0 bridgehead atoms. The fraction of sp³-hybridized carbons (Fsp3) is 0.0667. The van der Waals surface area contributed by atoms with E-state index >= 15 is 0 Å². The van der Waals surface area contributed by atoms with Crippen molar-refractivity contribution < 1.29 is 0 Å². The summed E-state index contributed by atoms with van der Waals surface area (Å²) in [7, 11) is 0. The number of rotatable bonds is 5. The monoisotopic (exact) mass is 442 g/mol. The summed E-state index contributed by atoms with van der Waals surface area (Å²) in [6.07, 6.45) is 2.05. The molecule has 1 aromatic heterocycles. The lowest BCUT2D eigenvalue weighted by Gasteiger charge is -2.11. The van der Waals surface area contributed by atoms with Crippen molar-refractivity contribution in [1.29, 1.82) is 0 Å². The first kappa shape index (κ1) is 21.4. The van der Waals surface area contributed by atoms with Crippen molar-refractivity contribution in [3.05, 3.63) is 132 Å². The molecule has 0 fully saturated rings. The second-order valence-corrected chi connectivity index (χ2v) is 8.32. The van der Waals surface area contributed by atoms with Crippen LogP contribution in [0, 0.1) is 13.8 Å². The van der Waals surface area contributed by atoms with Crippen LogP contribution in [0.4, 0.5) is 11.6 Å². The smallest absolute Gasteiger partial charge is 0.236 e. The Kier molecular flexibility index (Phi) is 6.04. The van der Waals surface area contributed by atoms with E-state index in [4.69, 9.17) is 9.98 Å². The summed E-state index contributed by atoms with van der Waals surface area (Å²) in [5.41, 5.74) is 7.35. The average molecular weight is 443 g/mol. The number of aliphatic imine (C=N–C) groups is 1. The SMILES string of the molecule is Cc1ccc(-c2cn(-c3ccc(C)cc3)c(/N=C(/Nc3ccccc3)c3ccccc3)n2)cc1. The van der Waals surface area contributed by atoms with Gasteiger partial charge in [-0.3, -0.25) is 4.57 Å². The van der Waals surface area contributed by atoms with E-state index in [1.165, 1.54) is 11.1 Å². The van der Waals surface area contributed by atoms with Crippen LogP contribution in [0.5, 0.6) is 0 Å². The standard InChI is InChI=1S/C30H26N4/c1-22-13-17-24(18-14-22)28-21-34(27-19-15-23(2)16-20-27)30(32-28)33-29(25-9-5-3-6-10-25)31-26-11-7-4-8-12-26/h3-21H,1-2H3,(H,31,32,33). The molecule has 166 valence electrons. The van der Waals surface area contributed by atoms with Gasteiger partial charge in [-0.15, -0.1) is 0 Å². The fourth-order valence-corrected chi connectivity index (χ4v) is 3.73. The molecular formula is C30H26N4. The van der Waals surface area contributed by atoms with Gasteiger partial charge >= 0.3 is 0 Å². The minimum atomic E-state index is 0.613. The van der Waals surface area contributed by atoms with E-state index in [-0.39, 0.29) is 0 Å². The van der Waals surface area contributed by atoms with Crippen LogP contribution in [-0.2, 0) is 0 Å². The molecule has 1 N–H and O–H groups in total. The maximum absolute atomic E-state index is 5.04. The van der Waals surface area contributed by atoms with Gasteiger partial charge in [0.15, 0.2) is 0 Å². The van der Waals surface area contributed by atoms with Crippen molar-refractivity contribution in [1.82, 2.24) is 9.55 Å². The van der Waals surface area contributed by atoms with E-state index < -0.39 is 0 Å². The molecule has 0 unspecified atom stereocenters. The highest BCUT2D eigenvalue weighted by Gasteiger charge is 2.13. The van der Waals surface area contributed by atoms with E-state index in [0.29, 0.717) is 5.95 Å². The average Bonchev–Trinajstić information content (AvgIpc) is 3.29. The third-order valence-electron chi connectivity index (χ3n) is 5.64. The van der Waals surface area contributed by atoms with E-state index in [0.717, 1.165) is 34.0 Å². The molecule has 0 aliphatic rings. The summed E-state index contributed by atoms with van der Waals surface area (Å²) in [5, 5.41) is 3.48. The van der Waals surface area contributed by atoms with Gasteiger partial charge < -0.3 is 5.32 Å². The van der Waals surface area contributed by atoms with Crippen molar-refractivity contribution in [3.8, 4) is 16.9 Å². The quantitative estimate of drug-likeness (QED) is 0.228. The number of anilines is 1. The van der Waals surface area contributed by atoms with Crippen molar-refractivity contribution in [2.24, 2.45) is 4.99 Å². The van der Waals surface area contributed by atoms with Gasteiger partial charge in [0.2, 0.25) is 5.95 Å². The second-order valence-electron chi connectivity index (χ2n) is 8.32. The van der Waals surface area contributed by atoms with Crippen LogP contribution >= 0.6 is 0 Å². The first-order valence-electron chi connectivity index (χ1n) is 11.4. The van der Waals surface area contributed by atoms with Crippen molar-refractivity contribution in [2.45, 2.75) is 13.8 Å². The molecule has 0 aliphatic heterocycles. The molecule has 5 aromatic rings. The molecule has 34 heavy (non-hydrogen) atoms. The zero-order valence-electron chi connectivity index (χ0n) is 19.3. The number of nitrogens with one attached hydrogen (secondary N) is 1. The molecule has 4 aromatic carbocycles. The Morgan fingerprint density at radius 1 is 0.706 bits per heavy atom. The Morgan fingerprint density at radius 2 is 1.29 bits per heavy atom. The highest BCUT2D eigenvalue weighted by Crippen LogP contribution is 2.27. The number of hydrogen-bond donors (Lipinski definition) is 1. The van der Waals surface area contributed by atoms with E-state index in [1.807, 2.05) is 53.1 Å². The third kappa shape index (κ3) is 4.81. The molecule has 4 nitrogen and oxygen atoms in total. The van der Waals surface area contributed by atoms with Crippen LogP contribution in [0.3, 0.4) is 0 Å². The lowest BCUT2D eigenvalue weighted by atomic mass is 10.1. The first-order valence-corrected chi connectivity index (χ1v) is 11.4. The van der Waals surface area contributed by atoms with Crippen LogP contribution < -0.4 is 5.32 Å². The minimum Gasteiger partial charge on any atom is -0.340 e. The number of aromatic nitrogens is 2. The molecule has 4 heteroatoms. The van der Waals surface area contributed by atoms with Gasteiger partial charge in [0.05, 0.1) is 5.69 Å². The summed E-state index contributed by atoms with van der Waals surface area (Å²) in [5.74, 6) is 1.35. The van der Waals surface area contributed by atoms with Crippen LogP contribution in [-0.4, -0.2) is 15.4 Å². The maximum atomic E-state index is 5.04. The summed E-state index contributed by atoms with van der Waals surface area (Å²) in [6.45, 7) is 4.18. The number of aryl methyl sites for hydroxylation is 2. The fourth-order valence-electron chi connectivity index (χ4n) is 3.73. The third-order valence-corrected chi connectivity index (χ3v) is 5.64. The zero-order valence-corrected chi connectivity index (χ0v) is 19.3. The Morgan fingerprint density at radius 3 is 1.94 bits per heavy atom. The number of benzene rings is 4. The Labute approximate surface area is 200 Å². The van der Waals surface area contributed by atoms with Gasteiger partial charge in [-0.05, 0) is 38.1 Å². The van der Waals surface area contributed by atoms with Crippen LogP contribution in [0.1, 0.15) is 16.7 Å². The number of amidine groups is 1. The summed E-state index contributed by atoms with van der Waals surface area (Å²) >= 11 is 0. The lowest BCUT2D eigenvalue weighted by molar-refractivity contribution is 1.04. The topological polar surface area (TPSA) is 42.2 Å². The lowest BCUT2D eigenvalue weighted by Crippen LogP contribution is -2.13. The van der Waals surface area contributed by atoms with Crippen LogP contribution in [0.25, 0.3) is 16.9 Å². The molecule has 5 rings (SSSR count). The minimum absolute atomic E-state index is 0.613. The second kappa shape index (κ2) is 9.59. The number of nitrogens with zero attached hydrogens (tertiary/aromatic N) is 3. The predicted molar refractivity (Wildman–Crippen MR) is 141 cm³/mol. The molecular weight excluding hydrogens is 416 g/mol. The van der Waals surface area contributed by atoms with Crippen molar-refractivity contribution in [2.75, 3.05) is 5.32 Å². The van der Waals surface area contributed by atoms with Gasteiger partial charge in [0, 0.05) is 28.7 Å². The molecule has 0 atom stereocenters. The van der Waals surface area contributed by atoms with E-state index in [2.05, 4.69) is 86.0 Å². The molecule has 0 aliphatic carbocycles. The van der Waals surface area contributed by atoms with Crippen LogP contribution in [0.15, 0.2) is 120 Å². The van der Waals surface area contributed by atoms with Gasteiger partial charge in [0.25, 0.3) is 0 Å². The largest absolute Gasteiger partial charge is 0.340 e. The van der Waals surface area contributed by atoms with E-state index in [1.54, 1.807) is 0 Å². The molecule has 1 heterocycles.